The molecule has 2 rings (SSSR count). The second-order valence-corrected chi connectivity index (χ2v) is 5.99. The SMILES string of the molecule is O=C(CCC1CCCCC1)Nc1ccc(C(=O)CCl)cc1. The van der Waals surface area contributed by atoms with Gasteiger partial charge < -0.3 is 5.32 Å². The highest BCUT2D eigenvalue weighted by Crippen LogP contribution is 2.27. The Morgan fingerprint density at radius 3 is 2.38 bits per heavy atom. The van der Waals surface area contributed by atoms with E-state index in [2.05, 4.69) is 5.32 Å². The molecule has 21 heavy (non-hydrogen) atoms. The first kappa shape index (κ1) is 16.0. The molecule has 1 aromatic rings. The fourth-order valence-electron chi connectivity index (χ4n) is 2.85. The van der Waals surface area contributed by atoms with Crippen LogP contribution in [0, 0.1) is 5.92 Å². The standard InChI is InChI=1S/C17H22ClNO2/c18-12-16(20)14-7-9-15(10-8-14)19-17(21)11-6-13-4-2-1-3-5-13/h7-10,13H,1-6,11-12H2,(H,19,21). The molecule has 0 heterocycles. The van der Waals surface area contributed by atoms with E-state index in [0.29, 0.717) is 17.9 Å². The van der Waals surface area contributed by atoms with Gasteiger partial charge in [-0.25, -0.2) is 0 Å². The van der Waals surface area contributed by atoms with E-state index in [0.717, 1.165) is 12.1 Å². The molecular formula is C17H22ClNO2. The third-order valence-electron chi connectivity index (χ3n) is 4.12. The number of Topliss-reactive ketones (excluding diaryl/α,β-unsaturated/α-hetero) is 1. The number of amides is 1. The zero-order chi connectivity index (χ0) is 15.1. The van der Waals surface area contributed by atoms with Gasteiger partial charge in [0.25, 0.3) is 0 Å². The Bertz CT molecular complexity index is 478. The van der Waals surface area contributed by atoms with Crippen molar-refractivity contribution in [2.45, 2.75) is 44.9 Å². The number of hydrogen-bond donors (Lipinski definition) is 1. The lowest BCUT2D eigenvalue weighted by Gasteiger charge is -2.21. The molecule has 3 nitrogen and oxygen atoms in total. The Labute approximate surface area is 131 Å². The lowest BCUT2D eigenvalue weighted by Crippen LogP contribution is -2.15. The second-order valence-electron chi connectivity index (χ2n) is 5.73. The quantitative estimate of drug-likeness (QED) is 0.625. The maximum absolute atomic E-state index is 11.9. The van der Waals surface area contributed by atoms with Crippen molar-refractivity contribution < 1.29 is 9.59 Å². The number of hydrogen-bond acceptors (Lipinski definition) is 2. The summed E-state index contributed by atoms with van der Waals surface area (Å²) in [5, 5.41) is 2.88. The molecule has 4 heteroatoms. The van der Waals surface area contributed by atoms with Crippen LogP contribution in [0.3, 0.4) is 0 Å². The van der Waals surface area contributed by atoms with Crippen molar-refractivity contribution in [2.24, 2.45) is 5.92 Å². The number of carbonyl (C=O) groups excluding carboxylic acids is 2. The number of alkyl halides is 1. The van der Waals surface area contributed by atoms with Gasteiger partial charge in [0.2, 0.25) is 5.91 Å². The average molecular weight is 308 g/mol. The van der Waals surface area contributed by atoms with E-state index in [1.54, 1.807) is 24.3 Å². The van der Waals surface area contributed by atoms with Crippen LogP contribution in [-0.2, 0) is 4.79 Å². The first-order chi connectivity index (χ1) is 10.2. The molecule has 1 aromatic carbocycles. The van der Waals surface area contributed by atoms with E-state index in [9.17, 15) is 9.59 Å². The monoisotopic (exact) mass is 307 g/mol. The lowest BCUT2D eigenvalue weighted by molar-refractivity contribution is -0.116. The first-order valence-corrected chi connectivity index (χ1v) is 8.21. The predicted molar refractivity (Wildman–Crippen MR) is 85.9 cm³/mol. The molecule has 1 aliphatic carbocycles. The van der Waals surface area contributed by atoms with Crippen LogP contribution in [-0.4, -0.2) is 17.6 Å². The van der Waals surface area contributed by atoms with Gasteiger partial charge in [0.1, 0.15) is 0 Å². The van der Waals surface area contributed by atoms with E-state index in [1.807, 2.05) is 0 Å². The highest BCUT2D eigenvalue weighted by Gasteiger charge is 2.14. The van der Waals surface area contributed by atoms with Gasteiger partial charge in [0, 0.05) is 17.7 Å². The summed E-state index contributed by atoms with van der Waals surface area (Å²) in [4.78, 5) is 23.3. The first-order valence-electron chi connectivity index (χ1n) is 7.68. The number of benzene rings is 1. The summed E-state index contributed by atoms with van der Waals surface area (Å²) in [5.74, 6) is 0.643. The van der Waals surface area contributed by atoms with Crippen molar-refractivity contribution in [2.75, 3.05) is 11.2 Å². The molecule has 114 valence electrons. The van der Waals surface area contributed by atoms with Crippen LogP contribution in [0.15, 0.2) is 24.3 Å². The van der Waals surface area contributed by atoms with Crippen LogP contribution in [0.5, 0.6) is 0 Å². The van der Waals surface area contributed by atoms with Crippen LogP contribution in [0.4, 0.5) is 5.69 Å². The third kappa shape index (κ3) is 5.16. The molecule has 1 N–H and O–H groups in total. The molecule has 0 unspecified atom stereocenters. The van der Waals surface area contributed by atoms with E-state index in [-0.39, 0.29) is 17.6 Å². The number of ketones is 1. The minimum atomic E-state index is -0.105. The Balaban J connectivity index is 1.77. The third-order valence-corrected chi connectivity index (χ3v) is 4.36. The highest BCUT2D eigenvalue weighted by atomic mass is 35.5. The highest BCUT2D eigenvalue weighted by molar-refractivity contribution is 6.30. The van der Waals surface area contributed by atoms with Gasteiger partial charge >= 0.3 is 0 Å². The number of carbonyl (C=O) groups is 2. The average Bonchev–Trinajstić information content (AvgIpc) is 2.54. The molecular weight excluding hydrogens is 286 g/mol. The summed E-state index contributed by atoms with van der Waals surface area (Å²) < 4.78 is 0. The lowest BCUT2D eigenvalue weighted by atomic mass is 9.86. The number of nitrogens with one attached hydrogen (secondary N) is 1. The summed E-state index contributed by atoms with van der Waals surface area (Å²) in [6.45, 7) is 0. The minimum Gasteiger partial charge on any atom is -0.326 e. The van der Waals surface area contributed by atoms with Crippen LogP contribution >= 0.6 is 11.6 Å². The van der Waals surface area contributed by atoms with Crippen molar-refractivity contribution in [1.29, 1.82) is 0 Å². The Hall–Kier alpha value is -1.35. The summed E-state index contributed by atoms with van der Waals surface area (Å²) in [7, 11) is 0. The molecule has 0 atom stereocenters. The van der Waals surface area contributed by atoms with Crippen LogP contribution in [0.2, 0.25) is 0 Å². The normalized spacial score (nSPS) is 15.7. The molecule has 1 saturated carbocycles. The fraction of sp³-hybridized carbons (Fsp3) is 0.529. The number of anilines is 1. The summed E-state index contributed by atoms with van der Waals surface area (Å²) in [5.41, 5.74) is 1.31. The zero-order valence-corrected chi connectivity index (χ0v) is 13.0. The van der Waals surface area contributed by atoms with Gasteiger partial charge in [-0.05, 0) is 36.6 Å². The van der Waals surface area contributed by atoms with Crippen molar-refractivity contribution in [1.82, 2.24) is 0 Å². The van der Waals surface area contributed by atoms with Crippen LogP contribution in [0.1, 0.15) is 55.3 Å². The Morgan fingerprint density at radius 2 is 1.76 bits per heavy atom. The van der Waals surface area contributed by atoms with E-state index >= 15 is 0 Å². The molecule has 1 amide bonds. The fourth-order valence-corrected chi connectivity index (χ4v) is 3.01. The van der Waals surface area contributed by atoms with Crippen molar-refractivity contribution in [3.8, 4) is 0 Å². The van der Waals surface area contributed by atoms with Gasteiger partial charge in [-0.1, -0.05) is 32.1 Å². The molecule has 0 aliphatic heterocycles. The molecule has 1 fully saturated rings. The maximum Gasteiger partial charge on any atom is 0.224 e. The second kappa shape index (κ2) is 8.18. The van der Waals surface area contributed by atoms with Crippen LogP contribution in [0.25, 0.3) is 0 Å². The summed E-state index contributed by atoms with van der Waals surface area (Å²) in [6.07, 6.45) is 8.05. The molecule has 0 saturated heterocycles. The summed E-state index contributed by atoms with van der Waals surface area (Å²) in [6, 6.07) is 6.89. The smallest absolute Gasteiger partial charge is 0.224 e. The molecule has 0 aromatic heterocycles. The zero-order valence-electron chi connectivity index (χ0n) is 12.2. The Morgan fingerprint density at radius 1 is 1.10 bits per heavy atom. The van der Waals surface area contributed by atoms with Gasteiger partial charge in [-0.2, -0.15) is 0 Å². The topological polar surface area (TPSA) is 46.2 Å². The predicted octanol–water partition coefficient (Wildman–Crippen LogP) is 4.41. The van der Waals surface area contributed by atoms with Gasteiger partial charge in [-0.3, -0.25) is 9.59 Å². The largest absolute Gasteiger partial charge is 0.326 e. The number of rotatable bonds is 6. The van der Waals surface area contributed by atoms with E-state index in [4.69, 9.17) is 11.6 Å². The van der Waals surface area contributed by atoms with Crippen molar-refractivity contribution in [3.05, 3.63) is 29.8 Å². The van der Waals surface area contributed by atoms with Crippen molar-refractivity contribution >= 4 is 29.0 Å². The van der Waals surface area contributed by atoms with E-state index < -0.39 is 0 Å². The molecule has 0 bridgehead atoms. The van der Waals surface area contributed by atoms with E-state index in [1.165, 1.54) is 32.1 Å². The maximum atomic E-state index is 11.9. The van der Waals surface area contributed by atoms with Gasteiger partial charge in [0.05, 0.1) is 5.88 Å². The summed E-state index contributed by atoms with van der Waals surface area (Å²) >= 11 is 5.51. The number of halogens is 1. The molecule has 0 radical (unpaired) electrons. The van der Waals surface area contributed by atoms with Crippen molar-refractivity contribution in [3.63, 3.8) is 0 Å². The van der Waals surface area contributed by atoms with Gasteiger partial charge in [-0.15, -0.1) is 11.6 Å². The molecule has 1 aliphatic rings. The van der Waals surface area contributed by atoms with Gasteiger partial charge in [0.15, 0.2) is 5.78 Å². The Kier molecular flexibility index (Phi) is 6.24. The minimum absolute atomic E-state index is 0.0207. The molecule has 0 spiro atoms. The van der Waals surface area contributed by atoms with Crippen LogP contribution < -0.4 is 5.32 Å².